The number of halogens is 2. The van der Waals surface area contributed by atoms with Gasteiger partial charge in [0.2, 0.25) is 0 Å². The molecule has 0 aromatic heterocycles. The fraction of sp³-hybridized carbons (Fsp3) is 0.475. The van der Waals surface area contributed by atoms with Gasteiger partial charge in [-0.15, -0.1) is 0 Å². The second-order valence-electron chi connectivity index (χ2n) is 19.4. The Morgan fingerprint density at radius 2 is 0.672 bits per heavy atom. The molecule has 0 radical (unpaired) electrons. The number of benzene rings is 6. The maximum Gasteiger partial charge on any atom is 0.169 e. The number of rotatable bonds is 24. The summed E-state index contributed by atoms with van der Waals surface area (Å²) in [6.07, 6.45) is 21.7. The third-order valence-corrected chi connectivity index (χ3v) is 15.3. The lowest BCUT2D eigenvalue weighted by Crippen LogP contribution is -2.60. The fourth-order valence-corrected chi connectivity index (χ4v) is 11.3. The van der Waals surface area contributed by atoms with E-state index < -0.39 is 0 Å². The lowest BCUT2D eigenvalue weighted by molar-refractivity contribution is -0.113. The number of unbranched alkanes of at least 4 members (excludes halogenated alkanes) is 12. The topological polar surface area (TPSA) is 36.9 Å². The molecule has 4 nitrogen and oxygen atoms in total. The lowest BCUT2D eigenvalue weighted by atomic mass is 9.36. The second kappa shape index (κ2) is 23.6. The molecule has 3 fully saturated rings. The van der Waals surface area contributed by atoms with Gasteiger partial charge in [-0.2, -0.15) is 0 Å². The van der Waals surface area contributed by atoms with Crippen LogP contribution in [0.3, 0.4) is 0 Å². The quantitative estimate of drug-likeness (QED) is 0.0262. The molecule has 352 valence electrons. The SMILES string of the molecule is CCCCCCOc1c(OCCCCCC)c2ccc(C#CC34CC(C#Cc5ccc6c(OCCCCCC)c(OCCCCCC)c7ccc(I)cc7c6c5)(C3)C4)cc2c2cc(I)ccc12. The highest BCUT2D eigenvalue weighted by Crippen LogP contribution is 2.72. The highest BCUT2D eigenvalue weighted by atomic mass is 127. The first kappa shape index (κ1) is 49.6. The Kier molecular flexibility index (Phi) is 17.5. The highest BCUT2D eigenvalue weighted by Gasteiger charge is 2.66. The molecule has 6 aromatic carbocycles. The van der Waals surface area contributed by atoms with Crippen molar-refractivity contribution in [2.75, 3.05) is 26.4 Å². The summed E-state index contributed by atoms with van der Waals surface area (Å²) in [6, 6.07) is 26.7. The molecule has 2 bridgehead atoms. The number of ether oxygens (including phenoxy) is 4. The van der Waals surface area contributed by atoms with Crippen LogP contribution >= 0.6 is 45.2 Å². The van der Waals surface area contributed by atoms with Crippen LogP contribution in [0.25, 0.3) is 43.1 Å². The largest absolute Gasteiger partial charge is 0.489 e. The lowest BCUT2D eigenvalue weighted by Gasteiger charge is -2.65. The van der Waals surface area contributed by atoms with Gasteiger partial charge in [0.25, 0.3) is 0 Å². The van der Waals surface area contributed by atoms with Crippen molar-refractivity contribution in [3.05, 3.63) is 91.1 Å². The molecule has 3 aliphatic rings. The minimum absolute atomic E-state index is 0.0515. The molecule has 0 saturated heterocycles. The van der Waals surface area contributed by atoms with Gasteiger partial charge in [0.15, 0.2) is 23.0 Å². The van der Waals surface area contributed by atoms with Crippen molar-refractivity contribution < 1.29 is 18.9 Å². The first-order valence-electron chi connectivity index (χ1n) is 25.8. The van der Waals surface area contributed by atoms with Crippen molar-refractivity contribution in [2.24, 2.45) is 10.8 Å². The summed E-state index contributed by atoms with van der Waals surface area (Å²) in [7, 11) is 0. The van der Waals surface area contributed by atoms with Crippen molar-refractivity contribution in [2.45, 2.75) is 150 Å². The van der Waals surface area contributed by atoms with Gasteiger partial charge < -0.3 is 18.9 Å². The third-order valence-electron chi connectivity index (χ3n) is 13.9. The van der Waals surface area contributed by atoms with E-state index in [1.54, 1.807) is 0 Å². The van der Waals surface area contributed by atoms with Crippen LogP contribution in [0.1, 0.15) is 161 Å². The molecule has 6 aromatic rings. The normalized spacial score (nSPS) is 17.1. The van der Waals surface area contributed by atoms with Gasteiger partial charge in [-0.3, -0.25) is 0 Å². The Morgan fingerprint density at radius 3 is 0.985 bits per heavy atom. The third kappa shape index (κ3) is 11.8. The number of hydrogen-bond donors (Lipinski definition) is 0. The molecule has 67 heavy (non-hydrogen) atoms. The van der Waals surface area contributed by atoms with E-state index in [0.29, 0.717) is 26.4 Å². The summed E-state index contributed by atoms with van der Waals surface area (Å²) in [5.41, 5.74) is 2.20. The zero-order chi connectivity index (χ0) is 46.6. The van der Waals surface area contributed by atoms with Crippen LogP contribution in [0.2, 0.25) is 0 Å². The van der Waals surface area contributed by atoms with Gasteiger partial charge in [-0.1, -0.05) is 128 Å². The second-order valence-corrected chi connectivity index (χ2v) is 21.9. The van der Waals surface area contributed by atoms with Gasteiger partial charge >= 0.3 is 0 Å². The molecule has 0 heterocycles. The Bertz CT molecular complexity index is 2590. The first-order valence-corrected chi connectivity index (χ1v) is 27.9. The Morgan fingerprint density at radius 1 is 0.373 bits per heavy atom. The number of hydrogen-bond acceptors (Lipinski definition) is 4. The molecule has 0 amide bonds. The molecular weight excluding hydrogens is 1050 g/mol. The van der Waals surface area contributed by atoms with Crippen LogP contribution in [0, 0.1) is 41.7 Å². The van der Waals surface area contributed by atoms with Crippen molar-refractivity contribution in [3.8, 4) is 46.7 Å². The fourth-order valence-electron chi connectivity index (χ4n) is 10.3. The van der Waals surface area contributed by atoms with Crippen LogP contribution < -0.4 is 18.9 Å². The molecule has 0 atom stereocenters. The standard InChI is InChI=1S/C61H70I2O4/c1-5-9-13-17-33-64-56-48-25-21-44(37-52(48)54-39-46(62)23-27-50(54)58(56)66-35-19-15-11-7-3)29-31-60-41-61(42-60,43-60)32-30-45-22-26-49-53(38-45)55-40-47(63)24-28-51(55)59(67-36-20-16-12-8-4)57(49)65-34-18-14-10-6-2/h21-28,37-40H,5-20,33-36,41-43H2,1-4H3. The molecule has 0 spiro atoms. The van der Waals surface area contributed by atoms with Crippen LogP contribution in [0.5, 0.6) is 23.0 Å². The molecule has 0 unspecified atom stereocenters. The predicted octanol–water partition coefficient (Wildman–Crippen LogP) is 17.9. The van der Waals surface area contributed by atoms with Crippen molar-refractivity contribution in [3.63, 3.8) is 0 Å². The molecule has 3 saturated carbocycles. The van der Waals surface area contributed by atoms with E-state index in [1.165, 1.54) is 106 Å². The van der Waals surface area contributed by atoms with Crippen LogP contribution in [0.4, 0.5) is 0 Å². The highest BCUT2D eigenvalue weighted by molar-refractivity contribution is 14.1. The van der Waals surface area contributed by atoms with Crippen molar-refractivity contribution >= 4 is 88.3 Å². The summed E-state index contributed by atoms with van der Waals surface area (Å²) < 4.78 is 29.1. The van der Waals surface area contributed by atoms with Crippen LogP contribution in [-0.2, 0) is 0 Å². The molecule has 9 rings (SSSR count). The van der Waals surface area contributed by atoms with E-state index >= 15 is 0 Å². The van der Waals surface area contributed by atoms with Gasteiger partial charge in [0.05, 0.1) is 26.4 Å². The average Bonchev–Trinajstić information content (AvgIpc) is 3.31. The van der Waals surface area contributed by atoms with Crippen LogP contribution in [0.15, 0.2) is 72.8 Å². The summed E-state index contributed by atoms with van der Waals surface area (Å²) >= 11 is 4.86. The average molecular weight is 1120 g/mol. The van der Waals surface area contributed by atoms with Crippen molar-refractivity contribution in [1.29, 1.82) is 0 Å². The smallest absolute Gasteiger partial charge is 0.169 e. The van der Waals surface area contributed by atoms with Gasteiger partial charge in [0.1, 0.15) is 0 Å². The minimum Gasteiger partial charge on any atom is -0.489 e. The van der Waals surface area contributed by atoms with E-state index in [4.69, 9.17) is 18.9 Å². The van der Waals surface area contributed by atoms with Gasteiger partial charge in [0, 0.05) is 50.6 Å². The van der Waals surface area contributed by atoms with E-state index in [0.717, 1.165) is 101 Å². The Labute approximate surface area is 428 Å². The molecular formula is C61H70I2O4. The zero-order valence-electron chi connectivity index (χ0n) is 40.6. The van der Waals surface area contributed by atoms with Gasteiger partial charge in [-0.25, -0.2) is 0 Å². The molecule has 0 aliphatic heterocycles. The predicted molar refractivity (Wildman–Crippen MR) is 299 cm³/mol. The minimum atomic E-state index is 0.0515. The summed E-state index contributed by atoms with van der Waals surface area (Å²) in [5.74, 6) is 18.3. The molecule has 3 aliphatic carbocycles. The van der Waals surface area contributed by atoms with E-state index in [2.05, 4.69) is 169 Å². The molecule has 6 heteroatoms. The maximum atomic E-state index is 6.68. The zero-order valence-corrected chi connectivity index (χ0v) is 44.9. The van der Waals surface area contributed by atoms with E-state index in [1.807, 2.05) is 0 Å². The molecule has 0 N–H and O–H groups in total. The van der Waals surface area contributed by atoms with Crippen molar-refractivity contribution in [1.82, 2.24) is 0 Å². The number of fused-ring (bicyclic) bond motifs is 6. The summed E-state index contributed by atoms with van der Waals surface area (Å²) in [6.45, 7) is 11.8. The van der Waals surface area contributed by atoms with Gasteiger partial charge in [-0.05, 0) is 184 Å². The Hall–Kier alpha value is -3.86. The first-order chi connectivity index (χ1) is 32.8. The monoisotopic (exact) mass is 1120 g/mol. The van der Waals surface area contributed by atoms with E-state index in [-0.39, 0.29) is 10.8 Å². The van der Waals surface area contributed by atoms with Crippen LogP contribution in [-0.4, -0.2) is 26.4 Å². The maximum absolute atomic E-state index is 6.68. The summed E-state index contributed by atoms with van der Waals surface area (Å²) in [4.78, 5) is 0. The summed E-state index contributed by atoms with van der Waals surface area (Å²) in [5, 5.41) is 9.19. The Balaban J connectivity index is 1.03. The van der Waals surface area contributed by atoms with E-state index in [9.17, 15) is 0 Å².